The number of aromatic nitrogens is 3. The summed E-state index contributed by atoms with van der Waals surface area (Å²) >= 11 is 7.05. The van der Waals surface area contributed by atoms with Gasteiger partial charge in [-0.15, -0.1) is 10.2 Å². The number of hydrogen-bond donors (Lipinski definition) is 2. The number of halogens is 4. The lowest BCUT2D eigenvalue weighted by Gasteiger charge is -2.22. The first-order chi connectivity index (χ1) is 17.4. The molecular formula is C25H27ClF3N5O2S. The highest BCUT2D eigenvalue weighted by atomic mass is 35.5. The van der Waals surface area contributed by atoms with Crippen molar-refractivity contribution in [2.24, 2.45) is 5.92 Å². The van der Waals surface area contributed by atoms with Crippen LogP contribution in [0.1, 0.15) is 54.1 Å². The molecule has 198 valence electrons. The highest BCUT2D eigenvalue weighted by Gasteiger charge is 2.31. The molecule has 37 heavy (non-hydrogen) atoms. The van der Waals surface area contributed by atoms with Crippen molar-refractivity contribution in [1.29, 1.82) is 0 Å². The lowest BCUT2D eigenvalue weighted by atomic mass is 10.0. The number of nitrogens with zero attached hydrogens (tertiary/aromatic N) is 3. The fourth-order valence-corrected chi connectivity index (χ4v) is 4.48. The smallest absolute Gasteiger partial charge is 0.342 e. The van der Waals surface area contributed by atoms with Gasteiger partial charge in [0.15, 0.2) is 11.0 Å². The quantitative estimate of drug-likeness (QED) is 0.311. The highest BCUT2D eigenvalue weighted by Crippen LogP contribution is 2.34. The van der Waals surface area contributed by atoms with E-state index in [9.17, 15) is 22.8 Å². The second kappa shape index (κ2) is 12.0. The molecule has 0 aliphatic heterocycles. The summed E-state index contributed by atoms with van der Waals surface area (Å²) in [4.78, 5) is 25.3. The van der Waals surface area contributed by atoms with Crippen molar-refractivity contribution in [1.82, 2.24) is 20.1 Å². The molecule has 2 N–H and O–H groups in total. The van der Waals surface area contributed by atoms with Gasteiger partial charge in [-0.3, -0.25) is 9.59 Å². The molecule has 12 heteroatoms. The molecule has 3 rings (SSSR count). The fourth-order valence-electron chi connectivity index (χ4n) is 3.51. The fraction of sp³-hybridized carbons (Fsp3) is 0.360. The first kappa shape index (κ1) is 28.5. The van der Waals surface area contributed by atoms with Gasteiger partial charge in [-0.25, -0.2) is 0 Å². The monoisotopic (exact) mass is 553 g/mol. The van der Waals surface area contributed by atoms with Crippen LogP contribution < -0.4 is 10.6 Å². The number of alkyl halides is 3. The van der Waals surface area contributed by atoms with Crippen LogP contribution in [0.4, 0.5) is 18.9 Å². The Hall–Kier alpha value is -3.05. The Morgan fingerprint density at radius 2 is 1.78 bits per heavy atom. The molecule has 0 aliphatic rings. The first-order valence-electron chi connectivity index (χ1n) is 11.5. The van der Waals surface area contributed by atoms with Crippen molar-refractivity contribution in [2.45, 2.75) is 51.6 Å². The standard InChI is InChI=1S/C25H27ClF3N5O2S/c1-5-34-22(21(14(2)3)31-23(36)16-8-6-15(4)7-9-16)32-33-24(34)37-13-20(35)30-19-12-17(25(27,28)29)10-11-18(19)26/h6-12,14,21H,5,13H2,1-4H3,(H,30,35)(H,31,36)/t21-/m1/s1. The van der Waals surface area contributed by atoms with Gasteiger partial charge < -0.3 is 15.2 Å². The summed E-state index contributed by atoms with van der Waals surface area (Å²) in [6.45, 7) is 8.21. The van der Waals surface area contributed by atoms with Gasteiger partial charge in [-0.05, 0) is 50.1 Å². The van der Waals surface area contributed by atoms with Gasteiger partial charge in [-0.2, -0.15) is 13.2 Å². The summed E-state index contributed by atoms with van der Waals surface area (Å²) in [6, 6.07) is 9.52. The number of rotatable bonds is 9. The summed E-state index contributed by atoms with van der Waals surface area (Å²) in [7, 11) is 0. The molecule has 1 atom stereocenters. The summed E-state index contributed by atoms with van der Waals surface area (Å²) < 4.78 is 40.8. The second-order valence-electron chi connectivity index (χ2n) is 8.68. The molecule has 0 aliphatic carbocycles. The SMILES string of the molecule is CCn1c(SCC(=O)Nc2cc(C(F)(F)F)ccc2Cl)nnc1[C@H](NC(=O)c1ccc(C)cc1)C(C)C. The molecule has 0 fully saturated rings. The number of thioether (sulfide) groups is 1. The highest BCUT2D eigenvalue weighted by molar-refractivity contribution is 7.99. The van der Waals surface area contributed by atoms with Gasteiger partial charge in [0, 0.05) is 12.1 Å². The van der Waals surface area contributed by atoms with Crippen molar-refractivity contribution in [3.63, 3.8) is 0 Å². The molecule has 2 amide bonds. The zero-order valence-electron chi connectivity index (χ0n) is 20.7. The van der Waals surface area contributed by atoms with Crippen molar-refractivity contribution in [3.05, 3.63) is 70.0 Å². The number of carbonyl (C=O) groups is 2. The normalized spacial score (nSPS) is 12.5. The summed E-state index contributed by atoms with van der Waals surface area (Å²) in [6.07, 6.45) is -4.56. The number of amides is 2. The van der Waals surface area contributed by atoms with Crippen LogP contribution in [-0.4, -0.2) is 32.3 Å². The lowest BCUT2D eigenvalue weighted by Crippen LogP contribution is -2.33. The average molecular weight is 554 g/mol. The summed E-state index contributed by atoms with van der Waals surface area (Å²) in [5.74, 6) is -0.385. The van der Waals surface area contributed by atoms with Crippen molar-refractivity contribution in [3.8, 4) is 0 Å². The van der Waals surface area contributed by atoms with Crippen LogP contribution in [0.5, 0.6) is 0 Å². The van der Waals surface area contributed by atoms with Gasteiger partial charge in [0.25, 0.3) is 5.91 Å². The van der Waals surface area contributed by atoms with Gasteiger partial charge in [0.05, 0.1) is 28.1 Å². The van der Waals surface area contributed by atoms with E-state index in [2.05, 4.69) is 20.8 Å². The van der Waals surface area contributed by atoms with Gasteiger partial charge in [0.1, 0.15) is 0 Å². The molecule has 0 radical (unpaired) electrons. The van der Waals surface area contributed by atoms with Crippen molar-refractivity contribution < 1.29 is 22.8 Å². The molecule has 0 saturated carbocycles. The number of hydrogen-bond acceptors (Lipinski definition) is 5. The van der Waals surface area contributed by atoms with Crippen LogP contribution in [-0.2, 0) is 17.5 Å². The Kier molecular flexibility index (Phi) is 9.25. The molecular weight excluding hydrogens is 527 g/mol. The zero-order chi connectivity index (χ0) is 27.3. The van der Waals surface area contributed by atoms with E-state index in [4.69, 9.17) is 11.6 Å². The van der Waals surface area contributed by atoms with Crippen LogP contribution in [0.3, 0.4) is 0 Å². The first-order valence-corrected chi connectivity index (χ1v) is 12.9. The minimum Gasteiger partial charge on any atom is -0.342 e. The predicted octanol–water partition coefficient (Wildman–Crippen LogP) is 6.14. The molecule has 2 aromatic carbocycles. The van der Waals surface area contributed by atoms with E-state index in [0.29, 0.717) is 23.1 Å². The van der Waals surface area contributed by atoms with Gasteiger partial charge >= 0.3 is 6.18 Å². The minimum atomic E-state index is -4.56. The molecule has 7 nitrogen and oxygen atoms in total. The Morgan fingerprint density at radius 3 is 2.38 bits per heavy atom. The van der Waals surface area contributed by atoms with E-state index in [1.54, 1.807) is 16.7 Å². The third-order valence-electron chi connectivity index (χ3n) is 5.51. The Bertz CT molecular complexity index is 1260. The molecule has 1 aromatic heterocycles. The van der Waals surface area contributed by atoms with E-state index in [0.717, 1.165) is 35.5 Å². The maximum absolute atomic E-state index is 13.0. The van der Waals surface area contributed by atoms with Crippen LogP contribution in [0.15, 0.2) is 47.6 Å². The van der Waals surface area contributed by atoms with Crippen LogP contribution in [0.2, 0.25) is 5.02 Å². The number of nitrogens with one attached hydrogen (secondary N) is 2. The lowest BCUT2D eigenvalue weighted by molar-refractivity contribution is -0.137. The summed E-state index contributed by atoms with van der Waals surface area (Å²) in [5.41, 5.74) is 0.531. The van der Waals surface area contributed by atoms with Crippen molar-refractivity contribution in [2.75, 3.05) is 11.1 Å². The maximum Gasteiger partial charge on any atom is 0.416 e. The number of carbonyl (C=O) groups excluding carboxylic acids is 2. The molecule has 0 saturated heterocycles. The van der Waals surface area contributed by atoms with E-state index >= 15 is 0 Å². The third kappa shape index (κ3) is 7.26. The number of benzene rings is 2. The van der Waals surface area contributed by atoms with E-state index in [1.807, 2.05) is 39.8 Å². The van der Waals surface area contributed by atoms with Crippen LogP contribution >= 0.6 is 23.4 Å². The van der Waals surface area contributed by atoms with Gasteiger partial charge in [0.2, 0.25) is 5.91 Å². The van der Waals surface area contributed by atoms with E-state index in [-0.39, 0.29) is 28.3 Å². The number of anilines is 1. The van der Waals surface area contributed by atoms with Crippen LogP contribution in [0, 0.1) is 12.8 Å². The van der Waals surface area contributed by atoms with Crippen molar-refractivity contribution >= 4 is 40.9 Å². The second-order valence-corrected chi connectivity index (χ2v) is 10.0. The zero-order valence-corrected chi connectivity index (χ0v) is 22.3. The average Bonchev–Trinajstić information content (AvgIpc) is 3.24. The topological polar surface area (TPSA) is 88.9 Å². The van der Waals surface area contributed by atoms with E-state index in [1.165, 1.54) is 0 Å². The largest absolute Gasteiger partial charge is 0.416 e. The summed E-state index contributed by atoms with van der Waals surface area (Å²) in [5, 5.41) is 14.4. The molecule has 0 bridgehead atoms. The Balaban J connectivity index is 1.72. The predicted molar refractivity (Wildman–Crippen MR) is 138 cm³/mol. The molecule has 0 spiro atoms. The molecule has 1 heterocycles. The Morgan fingerprint density at radius 1 is 1.11 bits per heavy atom. The third-order valence-corrected chi connectivity index (χ3v) is 6.80. The number of aryl methyl sites for hydroxylation is 1. The minimum absolute atomic E-state index is 0.00513. The van der Waals surface area contributed by atoms with E-state index < -0.39 is 23.7 Å². The Labute approximate surface area is 222 Å². The molecule has 3 aromatic rings. The van der Waals surface area contributed by atoms with Gasteiger partial charge in [-0.1, -0.05) is 54.9 Å². The maximum atomic E-state index is 13.0. The van der Waals surface area contributed by atoms with Crippen LogP contribution in [0.25, 0.3) is 0 Å². The molecule has 0 unspecified atom stereocenters.